The molecule has 2 bridgehead atoms. The first-order valence-electron chi connectivity index (χ1n) is 13.7. The van der Waals surface area contributed by atoms with Crippen LogP contribution in [0.5, 0.6) is 0 Å². The Morgan fingerprint density at radius 1 is 0.667 bits per heavy atom. The first-order chi connectivity index (χ1) is 15.7. The summed E-state index contributed by atoms with van der Waals surface area (Å²) in [4.78, 5) is 27.1. The van der Waals surface area contributed by atoms with Gasteiger partial charge in [-0.3, -0.25) is 9.59 Å². The molecule has 4 heteroatoms. The second-order valence-corrected chi connectivity index (χ2v) is 12.6. The number of ether oxygens (including phenoxy) is 2. The third-order valence-electron chi connectivity index (χ3n) is 9.46. The number of rotatable bonds is 6. The van der Waals surface area contributed by atoms with Crippen LogP contribution in [0.15, 0.2) is 12.2 Å². The summed E-state index contributed by atoms with van der Waals surface area (Å²) in [6.45, 7) is 13.5. The van der Waals surface area contributed by atoms with Crippen LogP contribution in [0.4, 0.5) is 0 Å². The van der Waals surface area contributed by atoms with Crippen molar-refractivity contribution in [3.05, 3.63) is 12.2 Å². The number of carbonyl (C=O) groups is 2. The Kier molecular flexibility index (Phi) is 7.60. The van der Waals surface area contributed by atoms with E-state index >= 15 is 0 Å². The van der Waals surface area contributed by atoms with Crippen LogP contribution >= 0.6 is 0 Å². The molecule has 33 heavy (non-hydrogen) atoms. The van der Waals surface area contributed by atoms with E-state index in [1.165, 1.54) is 12.8 Å². The lowest BCUT2D eigenvalue weighted by molar-refractivity contribution is -0.174. The van der Waals surface area contributed by atoms with E-state index in [1.54, 1.807) is 0 Å². The fourth-order valence-corrected chi connectivity index (χ4v) is 7.42. The zero-order chi connectivity index (χ0) is 23.9. The van der Waals surface area contributed by atoms with Crippen LogP contribution in [-0.4, -0.2) is 24.1 Å². The molecule has 3 saturated carbocycles. The molecule has 0 aromatic heterocycles. The molecule has 3 fully saturated rings. The molecular formula is C29H46O4. The Morgan fingerprint density at radius 3 is 1.42 bits per heavy atom. The van der Waals surface area contributed by atoms with Gasteiger partial charge in [-0.15, -0.1) is 0 Å². The van der Waals surface area contributed by atoms with Crippen molar-refractivity contribution < 1.29 is 19.1 Å². The Labute approximate surface area is 201 Å². The van der Waals surface area contributed by atoms with E-state index in [0.717, 1.165) is 32.1 Å². The van der Waals surface area contributed by atoms with Gasteiger partial charge in [0, 0.05) is 0 Å². The van der Waals surface area contributed by atoms with Crippen LogP contribution in [0.3, 0.4) is 0 Å². The van der Waals surface area contributed by atoms with Gasteiger partial charge in [0.15, 0.2) is 0 Å². The summed E-state index contributed by atoms with van der Waals surface area (Å²) in [6, 6.07) is 0. The molecule has 0 radical (unpaired) electrons. The highest BCUT2D eigenvalue weighted by atomic mass is 16.6. The molecule has 4 aliphatic carbocycles. The van der Waals surface area contributed by atoms with Crippen molar-refractivity contribution in [2.24, 2.45) is 59.2 Å². The second-order valence-electron chi connectivity index (χ2n) is 12.6. The van der Waals surface area contributed by atoms with Crippen LogP contribution in [0.2, 0.25) is 0 Å². The minimum atomic E-state index is -0.379. The summed E-state index contributed by atoms with van der Waals surface area (Å²) < 4.78 is 12.5. The third kappa shape index (κ3) is 5.20. The van der Waals surface area contributed by atoms with E-state index in [2.05, 4.69) is 53.7 Å². The standard InChI is InChI=1S/C29H46O4/c1-16(2)22-11-7-18(5)13-24(22)32-28(30)26-20-9-10-21(15-20)27(26)29(31)33-25-14-19(6)8-12-23(25)17(3)4/h9-10,16-27H,7-8,11-15H2,1-6H3/t18-,19-,20?,21?,22+,23+,24-,25-,26?,27?/m0/s1. The van der Waals surface area contributed by atoms with Gasteiger partial charge in [0.25, 0.3) is 0 Å². The average Bonchev–Trinajstić information content (AvgIpc) is 3.35. The van der Waals surface area contributed by atoms with Crippen molar-refractivity contribution in [3.8, 4) is 0 Å². The molecule has 4 nitrogen and oxygen atoms in total. The van der Waals surface area contributed by atoms with Crippen molar-refractivity contribution in [1.82, 2.24) is 0 Å². The zero-order valence-electron chi connectivity index (χ0n) is 21.7. The fraction of sp³-hybridized carbons (Fsp3) is 0.862. The Bertz CT molecular complexity index is 680. The van der Waals surface area contributed by atoms with Gasteiger partial charge in [-0.1, -0.05) is 66.5 Å². The smallest absolute Gasteiger partial charge is 0.310 e. The predicted octanol–water partition coefficient (Wildman–Crippen LogP) is 6.43. The molecule has 0 aromatic carbocycles. The molecule has 0 amide bonds. The van der Waals surface area contributed by atoms with Gasteiger partial charge in [0.1, 0.15) is 12.2 Å². The van der Waals surface area contributed by atoms with Crippen LogP contribution in [-0.2, 0) is 19.1 Å². The fourth-order valence-electron chi connectivity index (χ4n) is 7.42. The summed E-state index contributed by atoms with van der Waals surface area (Å²) in [5.74, 6) is 2.16. The quantitative estimate of drug-likeness (QED) is 0.340. The van der Waals surface area contributed by atoms with Crippen molar-refractivity contribution in [2.45, 2.75) is 98.7 Å². The Hall–Kier alpha value is -1.32. The minimum Gasteiger partial charge on any atom is -0.462 e. The topological polar surface area (TPSA) is 52.6 Å². The van der Waals surface area contributed by atoms with Gasteiger partial charge in [0.05, 0.1) is 11.8 Å². The molecule has 0 aromatic rings. The lowest BCUT2D eigenvalue weighted by Gasteiger charge is -2.39. The van der Waals surface area contributed by atoms with E-state index in [4.69, 9.17) is 9.47 Å². The van der Waals surface area contributed by atoms with Crippen molar-refractivity contribution >= 4 is 11.9 Å². The maximum Gasteiger partial charge on any atom is 0.310 e. The molecule has 186 valence electrons. The minimum absolute atomic E-state index is 0.0226. The normalized spacial score (nSPS) is 42.7. The van der Waals surface area contributed by atoms with E-state index < -0.39 is 0 Å². The monoisotopic (exact) mass is 458 g/mol. The highest BCUT2D eigenvalue weighted by molar-refractivity contribution is 5.84. The molecule has 0 spiro atoms. The van der Waals surface area contributed by atoms with Crippen molar-refractivity contribution in [2.75, 3.05) is 0 Å². The van der Waals surface area contributed by atoms with Crippen LogP contribution in [0.1, 0.15) is 86.5 Å². The summed E-state index contributed by atoms with van der Waals surface area (Å²) >= 11 is 0. The molecule has 4 unspecified atom stereocenters. The SMILES string of the molecule is CC(C)[C@H]1CC[C@H](C)C[C@@H]1OC(=O)C1C2C=CC(C2)C1C(=O)O[C@H]1C[C@@H](C)CC[C@@H]1C(C)C. The lowest BCUT2D eigenvalue weighted by Crippen LogP contribution is -2.43. The third-order valence-corrected chi connectivity index (χ3v) is 9.46. The molecule has 4 aliphatic rings. The Morgan fingerprint density at radius 2 is 1.06 bits per heavy atom. The van der Waals surface area contributed by atoms with Crippen molar-refractivity contribution in [3.63, 3.8) is 0 Å². The summed E-state index contributed by atoms with van der Waals surface area (Å²) in [5, 5.41) is 0. The number of hydrogen-bond acceptors (Lipinski definition) is 4. The molecule has 0 aliphatic heterocycles. The van der Waals surface area contributed by atoms with Crippen LogP contribution in [0.25, 0.3) is 0 Å². The summed E-state index contributed by atoms with van der Waals surface area (Å²) in [7, 11) is 0. The molecular weight excluding hydrogens is 412 g/mol. The van der Waals surface area contributed by atoms with E-state index in [1.807, 2.05) is 0 Å². The average molecular weight is 459 g/mol. The molecule has 10 atom stereocenters. The maximum atomic E-state index is 13.5. The summed E-state index contributed by atoms with van der Waals surface area (Å²) in [5.41, 5.74) is 0. The van der Waals surface area contributed by atoms with Gasteiger partial charge in [-0.05, 0) is 79.4 Å². The molecule has 0 heterocycles. The largest absolute Gasteiger partial charge is 0.462 e. The van der Waals surface area contributed by atoms with Gasteiger partial charge < -0.3 is 9.47 Å². The maximum absolute atomic E-state index is 13.5. The van der Waals surface area contributed by atoms with Gasteiger partial charge in [-0.25, -0.2) is 0 Å². The second kappa shape index (κ2) is 10.1. The zero-order valence-corrected chi connectivity index (χ0v) is 21.7. The number of esters is 2. The van der Waals surface area contributed by atoms with Gasteiger partial charge >= 0.3 is 11.9 Å². The molecule has 0 saturated heterocycles. The van der Waals surface area contributed by atoms with Crippen LogP contribution < -0.4 is 0 Å². The summed E-state index contributed by atoms with van der Waals surface area (Å²) in [6.07, 6.45) is 11.7. The number of fused-ring (bicyclic) bond motifs is 2. The highest BCUT2D eigenvalue weighted by Gasteiger charge is 2.54. The number of carbonyl (C=O) groups excluding carboxylic acids is 2. The van der Waals surface area contributed by atoms with E-state index in [0.29, 0.717) is 35.5 Å². The lowest BCUT2D eigenvalue weighted by atomic mass is 9.75. The van der Waals surface area contributed by atoms with Gasteiger partial charge in [0.2, 0.25) is 0 Å². The van der Waals surface area contributed by atoms with E-state index in [-0.39, 0.29) is 47.8 Å². The number of hydrogen-bond donors (Lipinski definition) is 0. The Balaban J connectivity index is 1.47. The highest BCUT2D eigenvalue weighted by Crippen LogP contribution is 2.50. The first-order valence-corrected chi connectivity index (χ1v) is 13.7. The number of allylic oxidation sites excluding steroid dienone is 2. The molecule has 4 rings (SSSR count). The van der Waals surface area contributed by atoms with Crippen molar-refractivity contribution in [1.29, 1.82) is 0 Å². The van der Waals surface area contributed by atoms with E-state index in [9.17, 15) is 9.59 Å². The molecule has 0 N–H and O–H groups in total. The van der Waals surface area contributed by atoms with Crippen LogP contribution in [0, 0.1) is 59.2 Å². The predicted molar refractivity (Wildman–Crippen MR) is 130 cm³/mol. The van der Waals surface area contributed by atoms with Gasteiger partial charge in [-0.2, -0.15) is 0 Å². The first kappa shape index (κ1) is 24.8.